The first kappa shape index (κ1) is 10.8. The van der Waals surface area contributed by atoms with E-state index in [1.165, 1.54) is 6.07 Å². The molecule has 0 saturated carbocycles. The highest BCUT2D eigenvalue weighted by molar-refractivity contribution is 5.53. The van der Waals surface area contributed by atoms with Gasteiger partial charge in [0.15, 0.2) is 11.9 Å². The zero-order valence-electron chi connectivity index (χ0n) is 7.02. The van der Waals surface area contributed by atoms with Crippen LogP contribution < -0.4 is 0 Å². The Kier molecular flexibility index (Phi) is 2.75. The molecule has 78 valence electrons. The second kappa shape index (κ2) is 3.83. The van der Waals surface area contributed by atoms with Gasteiger partial charge in [0.2, 0.25) is 0 Å². The van der Waals surface area contributed by atoms with E-state index in [9.17, 15) is 18.9 Å². The lowest BCUT2D eigenvalue weighted by Crippen LogP contribution is -2.02. The van der Waals surface area contributed by atoms with Crippen molar-refractivity contribution in [2.45, 2.75) is 6.43 Å². The van der Waals surface area contributed by atoms with Gasteiger partial charge in [-0.2, -0.15) is 5.26 Å². The number of nitriles is 1. The number of hydrogen-bond acceptors (Lipinski definition) is 5. The van der Waals surface area contributed by atoms with E-state index in [1.54, 1.807) is 0 Å². The van der Waals surface area contributed by atoms with Crippen LogP contribution in [0.2, 0.25) is 0 Å². The predicted molar refractivity (Wildman–Crippen MR) is 42.2 cm³/mol. The van der Waals surface area contributed by atoms with Gasteiger partial charge in [0.25, 0.3) is 6.43 Å². The van der Waals surface area contributed by atoms with Gasteiger partial charge in [0, 0.05) is 0 Å². The molecule has 0 aliphatic heterocycles. The molecule has 0 amide bonds. The van der Waals surface area contributed by atoms with Crippen molar-refractivity contribution in [2.24, 2.45) is 0 Å². The molecule has 8 heteroatoms. The lowest BCUT2D eigenvalue weighted by Gasteiger charge is -2.03. The van der Waals surface area contributed by atoms with Gasteiger partial charge in [-0.15, -0.1) is 0 Å². The van der Waals surface area contributed by atoms with Crippen molar-refractivity contribution >= 4 is 5.82 Å². The summed E-state index contributed by atoms with van der Waals surface area (Å²) < 4.78 is 24.8. The Bertz CT molecular complexity index is 456. The highest BCUT2D eigenvalue weighted by Crippen LogP contribution is 2.34. The van der Waals surface area contributed by atoms with Crippen molar-refractivity contribution in [2.75, 3.05) is 0 Å². The zero-order valence-corrected chi connectivity index (χ0v) is 7.02. The summed E-state index contributed by atoms with van der Waals surface area (Å²) in [5, 5.41) is 27.8. The van der Waals surface area contributed by atoms with Gasteiger partial charge < -0.3 is 15.2 Å². The van der Waals surface area contributed by atoms with E-state index in [0.29, 0.717) is 6.20 Å². The third kappa shape index (κ3) is 1.80. The smallest absolute Gasteiger partial charge is 0.374 e. The standard InChI is InChI=1S/C7H3F2N3O3/c8-6(9)5-3(1-10)4(13)2-11-7(5)12(14)15/h2,6,13H. The van der Waals surface area contributed by atoms with Crippen LogP contribution in [0.5, 0.6) is 5.75 Å². The Morgan fingerprint density at radius 1 is 1.67 bits per heavy atom. The maximum absolute atomic E-state index is 12.4. The number of hydrogen-bond donors (Lipinski definition) is 1. The molecule has 0 aliphatic carbocycles. The molecule has 0 spiro atoms. The normalized spacial score (nSPS) is 10.0. The lowest BCUT2D eigenvalue weighted by molar-refractivity contribution is -0.391. The molecule has 0 fully saturated rings. The first-order valence-corrected chi connectivity index (χ1v) is 3.53. The van der Waals surface area contributed by atoms with E-state index < -0.39 is 34.0 Å². The van der Waals surface area contributed by atoms with Crippen molar-refractivity contribution in [3.05, 3.63) is 27.4 Å². The Labute approximate surface area is 81.6 Å². The summed E-state index contributed by atoms with van der Waals surface area (Å²) in [7, 11) is 0. The summed E-state index contributed by atoms with van der Waals surface area (Å²) >= 11 is 0. The molecule has 1 rings (SSSR count). The molecule has 0 saturated heterocycles. The Morgan fingerprint density at radius 2 is 2.27 bits per heavy atom. The molecule has 0 aromatic carbocycles. The van der Waals surface area contributed by atoms with Gasteiger partial charge in [-0.05, 0) is 9.91 Å². The van der Waals surface area contributed by atoms with Crippen LogP contribution in [-0.2, 0) is 0 Å². The van der Waals surface area contributed by atoms with Crippen molar-refractivity contribution in [1.29, 1.82) is 5.26 Å². The van der Waals surface area contributed by atoms with Gasteiger partial charge in [-0.3, -0.25) is 0 Å². The van der Waals surface area contributed by atoms with Crippen molar-refractivity contribution in [3.8, 4) is 11.8 Å². The minimum absolute atomic E-state index is 0.586. The zero-order chi connectivity index (χ0) is 11.6. The van der Waals surface area contributed by atoms with Crippen molar-refractivity contribution < 1.29 is 18.8 Å². The van der Waals surface area contributed by atoms with Crippen molar-refractivity contribution in [3.63, 3.8) is 0 Å². The molecule has 1 aromatic rings. The molecule has 1 heterocycles. The molecule has 0 unspecified atom stereocenters. The SMILES string of the molecule is N#Cc1c(O)cnc([N+](=O)[O-])c1C(F)F. The molecule has 0 aliphatic rings. The maximum atomic E-state index is 12.4. The first-order chi connectivity index (χ1) is 6.99. The fourth-order valence-corrected chi connectivity index (χ4v) is 0.976. The van der Waals surface area contributed by atoms with Crippen LogP contribution in [0, 0.1) is 21.4 Å². The number of halogens is 2. The summed E-state index contributed by atoms with van der Waals surface area (Å²) in [6, 6.07) is 1.27. The largest absolute Gasteiger partial charge is 0.503 e. The summed E-state index contributed by atoms with van der Waals surface area (Å²) in [6.07, 6.45) is -2.66. The number of rotatable bonds is 2. The highest BCUT2D eigenvalue weighted by Gasteiger charge is 2.29. The fourth-order valence-electron chi connectivity index (χ4n) is 0.976. The summed E-state index contributed by atoms with van der Waals surface area (Å²) in [6.45, 7) is 0. The molecule has 1 aromatic heterocycles. The monoisotopic (exact) mass is 215 g/mol. The highest BCUT2D eigenvalue weighted by atomic mass is 19.3. The molecule has 15 heavy (non-hydrogen) atoms. The quantitative estimate of drug-likeness (QED) is 0.595. The van der Waals surface area contributed by atoms with E-state index in [1.807, 2.05) is 0 Å². The van der Waals surface area contributed by atoms with Crippen LogP contribution in [-0.4, -0.2) is 15.0 Å². The van der Waals surface area contributed by atoms with Crippen LogP contribution in [0.3, 0.4) is 0 Å². The Hall–Kier alpha value is -2.30. The third-order valence-electron chi connectivity index (χ3n) is 1.58. The van der Waals surface area contributed by atoms with Gasteiger partial charge in [-0.1, -0.05) is 0 Å². The Balaban J connectivity index is 3.58. The van der Waals surface area contributed by atoms with E-state index >= 15 is 0 Å². The van der Waals surface area contributed by atoms with Crippen LogP contribution in [0.1, 0.15) is 17.6 Å². The van der Waals surface area contributed by atoms with Gasteiger partial charge in [0.1, 0.15) is 17.2 Å². The summed E-state index contributed by atoms with van der Waals surface area (Å²) in [5.74, 6) is -1.93. The van der Waals surface area contributed by atoms with E-state index in [0.717, 1.165) is 0 Å². The lowest BCUT2D eigenvalue weighted by atomic mass is 10.1. The number of aromatic nitrogens is 1. The number of nitro groups is 1. The predicted octanol–water partition coefficient (Wildman–Crippen LogP) is 1.50. The van der Waals surface area contributed by atoms with Gasteiger partial charge in [-0.25, -0.2) is 8.78 Å². The van der Waals surface area contributed by atoms with E-state index in [-0.39, 0.29) is 0 Å². The number of nitrogens with zero attached hydrogens (tertiary/aromatic N) is 3. The van der Waals surface area contributed by atoms with Crippen LogP contribution in [0.25, 0.3) is 0 Å². The molecular weight excluding hydrogens is 212 g/mol. The summed E-state index contributed by atoms with van der Waals surface area (Å²) in [5.41, 5.74) is -1.99. The number of alkyl halides is 2. The molecule has 1 N–H and O–H groups in total. The molecule has 0 bridgehead atoms. The van der Waals surface area contributed by atoms with Crippen LogP contribution in [0.4, 0.5) is 14.6 Å². The molecular formula is C7H3F2N3O3. The molecule has 0 radical (unpaired) electrons. The fraction of sp³-hybridized carbons (Fsp3) is 0.143. The van der Waals surface area contributed by atoms with Crippen LogP contribution in [0.15, 0.2) is 6.20 Å². The number of aromatic hydroxyl groups is 1. The minimum atomic E-state index is -3.25. The Morgan fingerprint density at radius 3 is 2.67 bits per heavy atom. The minimum Gasteiger partial charge on any atom is -0.503 e. The van der Waals surface area contributed by atoms with E-state index in [2.05, 4.69) is 4.98 Å². The van der Waals surface area contributed by atoms with Crippen LogP contribution >= 0.6 is 0 Å². The maximum Gasteiger partial charge on any atom is 0.374 e. The molecule has 6 nitrogen and oxygen atoms in total. The topological polar surface area (TPSA) is 100 Å². The van der Waals surface area contributed by atoms with E-state index in [4.69, 9.17) is 10.4 Å². The van der Waals surface area contributed by atoms with Crippen molar-refractivity contribution in [1.82, 2.24) is 4.98 Å². The third-order valence-corrected chi connectivity index (χ3v) is 1.58. The molecule has 0 atom stereocenters. The van der Waals surface area contributed by atoms with Gasteiger partial charge >= 0.3 is 5.82 Å². The average molecular weight is 215 g/mol. The second-order valence-electron chi connectivity index (χ2n) is 2.43. The average Bonchev–Trinajstić information content (AvgIpc) is 2.16. The second-order valence-corrected chi connectivity index (χ2v) is 2.43. The first-order valence-electron chi connectivity index (χ1n) is 3.53. The number of pyridine rings is 1. The summed E-state index contributed by atoms with van der Waals surface area (Å²) in [4.78, 5) is 12.2. The van der Waals surface area contributed by atoms with Gasteiger partial charge in [0.05, 0.1) is 0 Å².